The number of nitrogen functional groups attached to an aromatic ring is 1. The van der Waals surface area contributed by atoms with Crippen molar-refractivity contribution in [1.82, 2.24) is 0 Å². The van der Waals surface area contributed by atoms with Crippen LogP contribution in [0.15, 0.2) is 23.1 Å². The second-order valence-electron chi connectivity index (χ2n) is 3.97. The number of ether oxygens (including phenoxy) is 1. The van der Waals surface area contributed by atoms with Gasteiger partial charge in [0.15, 0.2) is 0 Å². The monoisotopic (exact) mass is 289 g/mol. The van der Waals surface area contributed by atoms with Gasteiger partial charge in [-0.3, -0.25) is 0 Å². The minimum atomic E-state index is -3.82. The van der Waals surface area contributed by atoms with Crippen molar-refractivity contribution >= 4 is 21.4 Å². The Bertz CT molecular complexity index is 519. The number of nitrogens with zero attached hydrogens (tertiary/aromatic N) is 1. The summed E-state index contributed by atoms with van der Waals surface area (Å²) in [5, 5.41) is 14.1. The summed E-state index contributed by atoms with van der Waals surface area (Å²) in [6.07, 6.45) is 0. The van der Waals surface area contributed by atoms with Gasteiger partial charge in [-0.05, 0) is 18.2 Å². The van der Waals surface area contributed by atoms with E-state index < -0.39 is 10.0 Å². The third-order valence-electron chi connectivity index (χ3n) is 2.60. The van der Waals surface area contributed by atoms with Crippen molar-refractivity contribution in [1.29, 1.82) is 0 Å². The van der Waals surface area contributed by atoms with E-state index in [1.807, 2.05) is 4.90 Å². The van der Waals surface area contributed by atoms with Crippen LogP contribution in [0.1, 0.15) is 0 Å². The predicted octanol–water partition coefficient (Wildman–Crippen LogP) is -0.639. The molecule has 1 aromatic carbocycles. The Balaban J connectivity index is 3.03. The van der Waals surface area contributed by atoms with E-state index in [0.29, 0.717) is 25.4 Å². The van der Waals surface area contributed by atoms with Crippen molar-refractivity contribution in [3.05, 3.63) is 18.2 Å². The van der Waals surface area contributed by atoms with Crippen molar-refractivity contribution in [2.45, 2.75) is 4.90 Å². The van der Waals surface area contributed by atoms with Crippen LogP contribution in [0.25, 0.3) is 0 Å². The average molecular weight is 289 g/mol. The molecule has 0 aliphatic rings. The molecule has 0 bridgehead atoms. The average Bonchev–Trinajstić information content (AvgIpc) is 2.32. The van der Waals surface area contributed by atoms with Crippen molar-refractivity contribution in [3.63, 3.8) is 0 Å². The highest BCUT2D eigenvalue weighted by atomic mass is 32.2. The number of benzene rings is 1. The zero-order valence-corrected chi connectivity index (χ0v) is 11.6. The summed E-state index contributed by atoms with van der Waals surface area (Å²) in [5.41, 5.74) is 6.48. The van der Waals surface area contributed by atoms with E-state index in [1.54, 1.807) is 13.2 Å². The quantitative estimate of drug-likeness (QED) is 0.575. The molecule has 0 fully saturated rings. The number of anilines is 2. The summed E-state index contributed by atoms with van der Waals surface area (Å²) in [4.78, 5) is 1.74. The molecule has 0 amide bonds. The second-order valence-corrected chi connectivity index (χ2v) is 5.50. The molecule has 1 aromatic rings. The molecule has 0 unspecified atom stereocenters. The summed E-state index contributed by atoms with van der Waals surface area (Å²) in [6.45, 7) is 1.42. The smallest absolute Gasteiger partial charge is 0.240 e. The maximum Gasteiger partial charge on any atom is 0.240 e. The summed E-state index contributed by atoms with van der Waals surface area (Å²) >= 11 is 0. The Kier molecular flexibility index (Phi) is 5.55. The van der Waals surface area contributed by atoms with Gasteiger partial charge in [0.1, 0.15) is 4.90 Å². The summed E-state index contributed by atoms with van der Waals surface area (Å²) in [7, 11) is -2.24. The van der Waals surface area contributed by atoms with E-state index in [0.717, 1.165) is 0 Å². The number of nitrogens with two attached hydrogens (primary N) is 2. The fourth-order valence-corrected chi connectivity index (χ4v) is 2.33. The number of primary sulfonamides is 1. The van der Waals surface area contributed by atoms with Crippen LogP contribution in [0.2, 0.25) is 0 Å². The molecule has 0 aromatic heterocycles. The molecule has 5 N–H and O–H groups in total. The van der Waals surface area contributed by atoms with E-state index in [1.165, 1.54) is 12.1 Å². The van der Waals surface area contributed by atoms with Crippen LogP contribution in [0.5, 0.6) is 0 Å². The molecule has 0 heterocycles. The predicted molar refractivity (Wildman–Crippen MR) is 73.4 cm³/mol. The van der Waals surface area contributed by atoms with E-state index >= 15 is 0 Å². The Morgan fingerprint density at radius 2 is 2.05 bits per heavy atom. The third kappa shape index (κ3) is 4.35. The van der Waals surface area contributed by atoms with E-state index in [4.69, 9.17) is 20.7 Å². The van der Waals surface area contributed by atoms with E-state index in [9.17, 15) is 8.42 Å². The van der Waals surface area contributed by atoms with Gasteiger partial charge in [0, 0.05) is 25.9 Å². The van der Waals surface area contributed by atoms with Gasteiger partial charge < -0.3 is 20.5 Å². The second kappa shape index (κ2) is 6.71. The van der Waals surface area contributed by atoms with Crippen LogP contribution in [0.4, 0.5) is 11.4 Å². The molecule has 0 aliphatic carbocycles. The highest BCUT2D eigenvalue weighted by Gasteiger charge is 2.14. The van der Waals surface area contributed by atoms with Gasteiger partial charge in [0.25, 0.3) is 0 Å². The Labute approximate surface area is 112 Å². The number of sulfonamides is 1. The molecule has 0 atom stereocenters. The first-order valence-electron chi connectivity index (χ1n) is 5.67. The third-order valence-corrected chi connectivity index (χ3v) is 3.59. The van der Waals surface area contributed by atoms with Crippen molar-refractivity contribution in [3.8, 4) is 0 Å². The lowest BCUT2D eigenvalue weighted by Crippen LogP contribution is -2.30. The number of hydrogen-bond acceptors (Lipinski definition) is 6. The molecule has 108 valence electrons. The van der Waals surface area contributed by atoms with Crippen LogP contribution < -0.4 is 15.8 Å². The number of aliphatic hydroxyl groups excluding tert-OH is 1. The molecule has 7 nitrogen and oxygen atoms in total. The topological polar surface area (TPSA) is 119 Å². The van der Waals surface area contributed by atoms with Gasteiger partial charge in [-0.15, -0.1) is 0 Å². The Morgan fingerprint density at radius 1 is 1.37 bits per heavy atom. The van der Waals surface area contributed by atoms with Crippen LogP contribution in [0.3, 0.4) is 0 Å². The van der Waals surface area contributed by atoms with Crippen molar-refractivity contribution in [2.75, 3.05) is 44.0 Å². The molecular weight excluding hydrogens is 270 g/mol. The van der Waals surface area contributed by atoms with Gasteiger partial charge in [-0.25, -0.2) is 13.6 Å². The number of rotatable bonds is 7. The Hall–Kier alpha value is -1.35. The largest absolute Gasteiger partial charge is 0.398 e. The molecule has 0 saturated heterocycles. The fourth-order valence-electron chi connectivity index (χ4n) is 1.68. The molecule has 19 heavy (non-hydrogen) atoms. The lowest BCUT2D eigenvalue weighted by atomic mass is 10.2. The zero-order chi connectivity index (χ0) is 14.5. The first-order chi connectivity index (χ1) is 8.90. The van der Waals surface area contributed by atoms with Gasteiger partial charge in [-0.1, -0.05) is 0 Å². The molecule has 0 aliphatic heterocycles. The highest BCUT2D eigenvalue weighted by molar-refractivity contribution is 7.89. The van der Waals surface area contributed by atoms with Crippen molar-refractivity contribution < 1.29 is 18.3 Å². The van der Waals surface area contributed by atoms with Gasteiger partial charge in [0.2, 0.25) is 10.0 Å². The van der Waals surface area contributed by atoms with Crippen LogP contribution >= 0.6 is 0 Å². The normalized spacial score (nSPS) is 11.5. The van der Waals surface area contributed by atoms with E-state index in [2.05, 4.69) is 0 Å². The number of hydrogen-bond donors (Lipinski definition) is 3. The molecule has 0 spiro atoms. The van der Waals surface area contributed by atoms with Crippen LogP contribution in [-0.4, -0.2) is 46.9 Å². The minimum absolute atomic E-state index is 0.0272. The van der Waals surface area contributed by atoms with Gasteiger partial charge in [0.05, 0.1) is 18.9 Å². The summed E-state index contributed by atoms with van der Waals surface area (Å²) in [6, 6.07) is 4.48. The maximum atomic E-state index is 11.3. The summed E-state index contributed by atoms with van der Waals surface area (Å²) < 4.78 is 27.5. The lowest BCUT2D eigenvalue weighted by Gasteiger charge is -2.24. The highest BCUT2D eigenvalue weighted by Crippen LogP contribution is 2.23. The van der Waals surface area contributed by atoms with Crippen LogP contribution in [0, 0.1) is 0 Å². The molecule has 8 heteroatoms. The Morgan fingerprint density at radius 3 is 2.53 bits per heavy atom. The zero-order valence-electron chi connectivity index (χ0n) is 10.7. The SMILES string of the molecule is COCCN(CCO)c1ccc(S(N)(=O)=O)c(N)c1. The first-order valence-corrected chi connectivity index (χ1v) is 7.22. The minimum Gasteiger partial charge on any atom is -0.398 e. The molecule has 0 saturated carbocycles. The van der Waals surface area contributed by atoms with E-state index in [-0.39, 0.29) is 17.2 Å². The molecule has 1 rings (SSSR count). The molecular formula is C11H19N3O4S. The standard InChI is InChI=1S/C11H19N3O4S/c1-18-7-5-14(4-6-15)9-2-3-11(10(12)8-9)19(13,16)17/h2-3,8,15H,4-7,12H2,1H3,(H2,13,16,17). The number of aliphatic hydroxyl groups is 1. The summed E-state index contributed by atoms with van der Waals surface area (Å²) in [5.74, 6) is 0. The van der Waals surface area contributed by atoms with Gasteiger partial charge >= 0.3 is 0 Å². The molecule has 0 radical (unpaired) electrons. The van der Waals surface area contributed by atoms with Crippen molar-refractivity contribution in [2.24, 2.45) is 5.14 Å². The van der Waals surface area contributed by atoms with Crippen LogP contribution in [-0.2, 0) is 14.8 Å². The first kappa shape index (κ1) is 15.7. The van der Waals surface area contributed by atoms with Gasteiger partial charge in [-0.2, -0.15) is 0 Å². The number of methoxy groups -OCH3 is 1. The fraction of sp³-hybridized carbons (Fsp3) is 0.455. The maximum absolute atomic E-state index is 11.3. The lowest BCUT2D eigenvalue weighted by molar-refractivity contribution is 0.203.